The second-order valence-electron chi connectivity index (χ2n) is 10.4. The van der Waals surface area contributed by atoms with Crippen molar-refractivity contribution in [2.24, 2.45) is 0 Å². The fraction of sp³-hybridized carbons (Fsp3) is 0.400. The molecule has 2 saturated heterocycles. The fourth-order valence-electron chi connectivity index (χ4n) is 5.54. The summed E-state index contributed by atoms with van der Waals surface area (Å²) in [5, 5.41) is 9.20. The smallest absolute Gasteiger partial charge is 0.273 e. The number of likely N-dealkylation sites (tertiary alicyclic amines) is 1. The zero-order chi connectivity index (χ0) is 27.5. The molecule has 3 aromatic heterocycles. The molecule has 0 spiro atoms. The lowest BCUT2D eigenvalue weighted by atomic mass is 9.96. The number of hydrogen-bond acceptors (Lipinski definition) is 8. The van der Waals surface area contributed by atoms with E-state index in [2.05, 4.69) is 27.6 Å². The van der Waals surface area contributed by atoms with Crippen molar-refractivity contribution in [2.45, 2.75) is 32.1 Å². The predicted octanol–water partition coefficient (Wildman–Crippen LogP) is 5.19. The van der Waals surface area contributed by atoms with Gasteiger partial charge in [-0.2, -0.15) is 0 Å². The molecule has 0 bridgehead atoms. The number of carbonyl (C=O) groups is 2. The Bertz CT molecular complexity index is 1430. The van der Waals surface area contributed by atoms with Crippen molar-refractivity contribution < 1.29 is 14.1 Å². The van der Waals surface area contributed by atoms with Crippen LogP contribution in [0.25, 0.3) is 11.3 Å². The number of thiazole rings is 1. The summed E-state index contributed by atoms with van der Waals surface area (Å²) < 4.78 is 5.42. The van der Waals surface area contributed by atoms with Gasteiger partial charge >= 0.3 is 0 Å². The number of thiophene rings is 1. The van der Waals surface area contributed by atoms with E-state index in [0.717, 1.165) is 62.6 Å². The summed E-state index contributed by atoms with van der Waals surface area (Å²) in [5.74, 6) is 0.782. The summed E-state index contributed by atoms with van der Waals surface area (Å²) in [7, 11) is 0. The van der Waals surface area contributed by atoms with Crippen molar-refractivity contribution in [2.75, 3.05) is 45.8 Å². The molecule has 208 valence electrons. The van der Waals surface area contributed by atoms with Gasteiger partial charge in [0.05, 0.1) is 5.01 Å². The molecule has 0 aliphatic carbocycles. The minimum absolute atomic E-state index is 0.0318. The van der Waals surface area contributed by atoms with Crippen LogP contribution in [-0.4, -0.2) is 82.5 Å². The van der Waals surface area contributed by atoms with Gasteiger partial charge in [-0.05, 0) is 37.6 Å². The number of aromatic nitrogens is 2. The Morgan fingerprint density at radius 1 is 0.925 bits per heavy atom. The van der Waals surface area contributed by atoms with Crippen LogP contribution in [-0.2, 0) is 6.42 Å². The summed E-state index contributed by atoms with van der Waals surface area (Å²) in [6.07, 6.45) is 2.71. The van der Waals surface area contributed by atoms with E-state index < -0.39 is 0 Å². The second kappa shape index (κ2) is 12.0. The van der Waals surface area contributed by atoms with Crippen LogP contribution < -0.4 is 0 Å². The predicted molar refractivity (Wildman–Crippen MR) is 157 cm³/mol. The molecule has 0 N–H and O–H groups in total. The lowest BCUT2D eigenvalue weighted by molar-refractivity contribution is 0.0633. The highest BCUT2D eigenvalue weighted by Crippen LogP contribution is 2.33. The molecular formula is C30H33N5O3S2. The van der Waals surface area contributed by atoms with Crippen molar-refractivity contribution in [1.29, 1.82) is 0 Å². The van der Waals surface area contributed by atoms with Crippen LogP contribution in [0.4, 0.5) is 0 Å². The number of aryl methyl sites for hydroxylation is 1. The highest BCUT2D eigenvalue weighted by Gasteiger charge is 2.31. The van der Waals surface area contributed by atoms with Gasteiger partial charge in [0.15, 0.2) is 0 Å². The lowest BCUT2D eigenvalue weighted by Crippen LogP contribution is -2.49. The number of rotatable bonds is 7. The molecule has 0 atom stereocenters. The third-order valence-electron chi connectivity index (χ3n) is 7.91. The third-order valence-corrected chi connectivity index (χ3v) is 9.85. The summed E-state index contributed by atoms with van der Waals surface area (Å²) in [6.45, 7) is 7.38. The first-order valence-electron chi connectivity index (χ1n) is 13.9. The molecule has 2 amide bonds. The number of piperazine rings is 1. The van der Waals surface area contributed by atoms with E-state index in [4.69, 9.17) is 9.51 Å². The summed E-state index contributed by atoms with van der Waals surface area (Å²) in [6, 6.07) is 14.0. The average molecular weight is 576 g/mol. The number of nitrogens with zero attached hydrogens (tertiary/aromatic N) is 5. The van der Waals surface area contributed by atoms with Crippen LogP contribution in [0.5, 0.6) is 0 Å². The van der Waals surface area contributed by atoms with E-state index in [1.165, 1.54) is 4.88 Å². The Morgan fingerprint density at radius 3 is 2.40 bits per heavy atom. The van der Waals surface area contributed by atoms with Gasteiger partial charge in [-0.1, -0.05) is 41.6 Å². The Kier molecular flexibility index (Phi) is 8.08. The van der Waals surface area contributed by atoms with Crippen LogP contribution in [0.2, 0.25) is 0 Å². The maximum absolute atomic E-state index is 13.5. The molecule has 2 aliphatic heterocycles. The maximum atomic E-state index is 13.5. The number of amides is 2. The molecule has 0 radical (unpaired) electrons. The van der Waals surface area contributed by atoms with Crippen molar-refractivity contribution >= 4 is 34.5 Å². The minimum atomic E-state index is -0.0411. The van der Waals surface area contributed by atoms with Crippen LogP contribution in [0.15, 0.2) is 57.7 Å². The zero-order valence-electron chi connectivity index (χ0n) is 22.6. The summed E-state index contributed by atoms with van der Waals surface area (Å²) in [4.78, 5) is 39.1. The van der Waals surface area contributed by atoms with E-state index in [1.54, 1.807) is 29.6 Å². The first-order valence-corrected chi connectivity index (χ1v) is 15.6. The van der Waals surface area contributed by atoms with Gasteiger partial charge in [0, 0.05) is 67.6 Å². The van der Waals surface area contributed by atoms with Crippen molar-refractivity contribution in [3.63, 3.8) is 0 Å². The van der Waals surface area contributed by atoms with E-state index in [-0.39, 0.29) is 17.7 Å². The summed E-state index contributed by atoms with van der Waals surface area (Å²) >= 11 is 3.37. The molecule has 8 nitrogen and oxygen atoms in total. The zero-order valence-corrected chi connectivity index (χ0v) is 24.3. The molecule has 40 heavy (non-hydrogen) atoms. The molecule has 10 heteroatoms. The molecule has 0 saturated carbocycles. The fourth-order valence-corrected chi connectivity index (χ4v) is 7.20. The minimum Gasteiger partial charge on any atom is -0.360 e. The average Bonchev–Trinajstić information content (AvgIpc) is 3.78. The first kappa shape index (κ1) is 26.9. The van der Waals surface area contributed by atoms with Crippen molar-refractivity contribution in [3.8, 4) is 11.3 Å². The van der Waals surface area contributed by atoms with E-state index in [9.17, 15) is 9.59 Å². The van der Waals surface area contributed by atoms with Gasteiger partial charge in [0.1, 0.15) is 22.7 Å². The highest BCUT2D eigenvalue weighted by molar-refractivity contribution is 7.10. The Labute approximate surface area is 242 Å². The molecular weight excluding hydrogens is 542 g/mol. The van der Waals surface area contributed by atoms with Crippen LogP contribution >= 0.6 is 22.7 Å². The van der Waals surface area contributed by atoms with Gasteiger partial charge in [-0.3, -0.25) is 14.5 Å². The number of carbonyl (C=O) groups excluding carboxylic acids is 2. The normalized spacial score (nSPS) is 16.9. The van der Waals surface area contributed by atoms with Crippen molar-refractivity contribution in [3.05, 3.63) is 80.1 Å². The first-order chi connectivity index (χ1) is 19.6. The second-order valence-corrected chi connectivity index (χ2v) is 12.4. The monoisotopic (exact) mass is 575 g/mol. The van der Waals surface area contributed by atoms with Gasteiger partial charge in [0.2, 0.25) is 0 Å². The Hall–Kier alpha value is -3.34. The number of hydrogen-bond donors (Lipinski definition) is 0. The Balaban J connectivity index is 1.02. The quantitative estimate of drug-likeness (QED) is 0.302. The van der Waals surface area contributed by atoms with Crippen LogP contribution in [0.3, 0.4) is 0 Å². The molecule has 1 aromatic carbocycles. The van der Waals surface area contributed by atoms with Crippen LogP contribution in [0.1, 0.15) is 55.3 Å². The van der Waals surface area contributed by atoms with E-state index in [0.29, 0.717) is 35.8 Å². The van der Waals surface area contributed by atoms with Gasteiger partial charge in [0.25, 0.3) is 11.8 Å². The molecule has 2 aliphatic rings. The number of benzene rings is 1. The third kappa shape index (κ3) is 5.75. The molecule has 4 aromatic rings. The van der Waals surface area contributed by atoms with Crippen LogP contribution in [0, 0.1) is 6.92 Å². The molecule has 2 fully saturated rings. The number of piperidine rings is 1. The SMILES string of the molecule is Cc1onc(-c2ccccc2)c1C(=O)N1CCC(c2nc(C(=O)N3CCN(CCc4cccs4)CC3)cs2)CC1. The lowest BCUT2D eigenvalue weighted by Gasteiger charge is -2.34. The van der Waals surface area contributed by atoms with E-state index in [1.807, 2.05) is 45.5 Å². The molecule has 5 heterocycles. The standard InChI is InChI=1S/C30H33N5O3S2/c1-21-26(27(32-38-21)22-6-3-2-4-7-22)30(37)34-13-9-23(10-14-34)28-31-25(20-40-28)29(36)35-17-15-33(16-18-35)12-11-24-8-5-19-39-24/h2-8,19-20,23H,9-18H2,1H3. The van der Waals surface area contributed by atoms with Gasteiger partial charge in [-0.25, -0.2) is 4.98 Å². The van der Waals surface area contributed by atoms with Gasteiger partial charge < -0.3 is 14.3 Å². The van der Waals surface area contributed by atoms with Crippen molar-refractivity contribution in [1.82, 2.24) is 24.8 Å². The van der Waals surface area contributed by atoms with Gasteiger partial charge in [-0.15, -0.1) is 22.7 Å². The largest absolute Gasteiger partial charge is 0.360 e. The summed E-state index contributed by atoms with van der Waals surface area (Å²) in [5.41, 5.74) is 2.56. The van der Waals surface area contributed by atoms with E-state index >= 15 is 0 Å². The topological polar surface area (TPSA) is 82.8 Å². The molecule has 0 unspecified atom stereocenters. The maximum Gasteiger partial charge on any atom is 0.273 e. The molecule has 6 rings (SSSR count). The Morgan fingerprint density at radius 2 is 1.68 bits per heavy atom. The highest BCUT2D eigenvalue weighted by atomic mass is 32.1.